The van der Waals surface area contributed by atoms with Crippen molar-refractivity contribution in [2.75, 3.05) is 6.54 Å². The van der Waals surface area contributed by atoms with Gasteiger partial charge in [0, 0.05) is 12.1 Å². The first-order valence-electron chi connectivity index (χ1n) is 7.81. The molecule has 0 heterocycles. The first kappa shape index (κ1) is 16.5. The molecule has 3 heteroatoms. The van der Waals surface area contributed by atoms with Gasteiger partial charge in [0.1, 0.15) is 5.54 Å². The smallest absolute Gasteiger partial charge is 0.102 e. The van der Waals surface area contributed by atoms with Gasteiger partial charge < -0.3 is 5.73 Å². The maximum atomic E-state index is 9.11. The molecule has 2 atom stereocenters. The van der Waals surface area contributed by atoms with E-state index in [0.717, 1.165) is 18.9 Å². The second-order valence-corrected chi connectivity index (χ2v) is 6.94. The average molecular weight is 265 g/mol. The zero-order valence-electron chi connectivity index (χ0n) is 13.2. The first-order chi connectivity index (χ1) is 8.85. The Morgan fingerprint density at radius 3 is 2.37 bits per heavy atom. The molecule has 19 heavy (non-hydrogen) atoms. The van der Waals surface area contributed by atoms with E-state index in [1.54, 1.807) is 0 Å². The minimum atomic E-state index is -0.700. The largest absolute Gasteiger partial charge is 0.314 e. The SMILES string of the molecule is CC(C)CCN(C(C)CC(C)(N)C#N)C1CCCC1. The lowest BCUT2D eigenvalue weighted by atomic mass is 9.94. The average Bonchev–Trinajstić information content (AvgIpc) is 2.82. The van der Waals surface area contributed by atoms with Gasteiger partial charge in [-0.1, -0.05) is 26.7 Å². The molecule has 1 saturated carbocycles. The van der Waals surface area contributed by atoms with Crippen molar-refractivity contribution in [1.29, 1.82) is 5.26 Å². The van der Waals surface area contributed by atoms with Gasteiger partial charge in [0.25, 0.3) is 0 Å². The van der Waals surface area contributed by atoms with Gasteiger partial charge in [-0.25, -0.2) is 0 Å². The Balaban J connectivity index is 2.63. The lowest BCUT2D eigenvalue weighted by Crippen LogP contribution is -2.47. The van der Waals surface area contributed by atoms with Crippen LogP contribution in [0.4, 0.5) is 0 Å². The summed E-state index contributed by atoms with van der Waals surface area (Å²) in [5, 5.41) is 9.11. The highest BCUT2D eigenvalue weighted by molar-refractivity contribution is 5.03. The molecule has 3 nitrogen and oxygen atoms in total. The van der Waals surface area contributed by atoms with E-state index in [0.29, 0.717) is 12.1 Å². The van der Waals surface area contributed by atoms with E-state index in [2.05, 4.69) is 31.7 Å². The Morgan fingerprint density at radius 2 is 1.89 bits per heavy atom. The van der Waals surface area contributed by atoms with Gasteiger partial charge in [0.15, 0.2) is 0 Å². The summed E-state index contributed by atoms with van der Waals surface area (Å²) in [4.78, 5) is 2.62. The molecule has 1 rings (SSSR count). The monoisotopic (exact) mass is 265 g/mol. The number of rotatable bonds is 7. The molecule has 0 aliphatic heterocycles. The van der Waals surface area contributed by atoms with Crippen molar-refractivity contribution in [3.8, 4) is 6.07 Å². The van der Waals surface area contributed by atoms with Gasteiger partial charge in [0.05, 0.1) is 6.07 Å². The second kappa shape index (κ2) is 7.26. The Labute approximate surface area is 119 Å². The van der Waals surface area contributed by atoms with E-state index < -0.39 is 5.54 Å². The Kier molecular flexibility index (Phi) is 6.29. The molecule has 0 aromatic heterocycles. The number of hydrogen-bond donors (Lipinski definition) is 1. The maximum Gasteiger partial charge on any atom is 0.102 e. The van der Waals surface area contributed by atoms with Gasteiger partial charge in [-0.05, 0) is 52.0 Å². The van der Waals surface area contributed by atoms with Crippen LogP contribution in [0.2, 0.25) is 0 Å². The Hall–Kier alpha value is -0.590. The fourth-order valence-electron chi connectivity index (χ4n) is 3.18. The first-order valence-corrected chi connectivity index (χ1v) is 7.81. The summed E-state index contributed by atoms with van der Waals surface area (Å²) in [6, 6.07) is 3.34. The number of nitriles is 1. The highest BCUT2D eigenvalue weighted by Crippen LogP contribution is 2.27. The van der Waals surface area contributed by atoms with Crippen LogP contribution in [-0.2, 0) is 0 Å². The van der Waals surface area contributed by atoms with Crippen LogP contribution in [-0.4, -0.2) is 29.1 Å². The molecule has 1 fully saturated rings. The number of nitrogens with zero attached hydrogens (tertiary/aromatic N) is 2. The van der Waals surface area contributed by atoms with Crippen LogP contribution in [0, 0.1) is 17.2 Å². The van der Waals surface area contributed by atoms with E-state index in [4.69, 9.17) is 11.0 Å². The van der Waals surface area contributed by atoms with Crippen molar-refractivity contribution in [1.82, 2.24) is 4.90 Å². The predicted octanol–water partition coefficient (Wildman–Crippen LogP) is 3.30. The van der Waals surface area contributed by atoms with Crippen LogP contribution in [0.3, 0.4) is 0 Å². The van der Waals surface area contributed by atoms with E-state index in [1.165, 1.54) is 32.1 Å². The molecule has 0 saturated heterocycles. The standard InChI is InChI=1S/C16H31N3/c1-13(2)9-10-19(15-7-5-6-8-15)14(3)11-16(4,18)12-17/h13-15H,5-11,18H2,1-4H3. The van der Waals surface area contributed by atoms with Crippen molar-refractivity contribution < 1.29 is 0 Å². The maximum absolute atomic E-state index is 9.11. The number of nitrogens with two attached hydrogens (primary N) is 1. The van der Waals surface area contributed by atoms with Crippen molar-refractivity contribution in [3.63, 3.8) is 0 Å². The van der Waals surface area contributed by atoms with Gasteiger partial charge >= 0.3 is 0 Å². The topological polar surface area (TPSA) is 53.0 Å². The van der Waals surface area contributed by atoms with Crippen molar-refractivity contribution in [3.05, 3.63) is 0 Å². The highest BCUT2D eigenvalue weighted by atomic mass is 15.2. The summed E-state index contributed by atoms with van der Waals surface area (Å²) in [6.45, 7) is 9.78. The third-order valence-corrected chi connectivity index (χ3v) is 4.30. The highest BCUT2D eigenvalue weighted by Gasteiger charge is 2.30. The van der Waals surface area contributed by atoms with E-state index >= 15 is 0 Å². The van der Waals surface area contributed by atoms with Gasteiger partial charge in [-0.15, -0.1) is 0 Å². The second-order valence-electron chi connectivity index (χ2n) is 6.94. The van der Waals surface area contributed by atoms with E-state index in [1.807, 2.05) is 6.92 Å². The minimum Gasteiger partial charge on any atom is -0.314 e. The fraction of sp³-hybridized carbons (Fsp3) is 0.938. The molecule has 2 unspecified atom stereocenters. The van der Waals surface area contributed by atoms with E-state index in [9.17, 15) is 0 Å². The van der Waals surface area contributed by atoms with Gasteiger partial charge in [-0.2, -0.15) is 5.26 Å². The summed E-state index contributed by atoms with van der Waals surface area (Å²) >= 11 is 0. The van der Waals surface area contributed by atoms with Crippen LogP contribution < -0.4 is 5.73 Å². The summed E-state index contributed by atoms with van der Waals surface area (Å²) in [5.74, 6) is 0.733. The minimum absolute atomic E-state index is 0.400. The van der Waals surface area contributed by atoms with Crippen LogP contribution in [0.15, 0.2) is 0 Å². The fourth-order valence-corrected chi connectivity index (χ4v) is 3.18. The molecule has 0 aromatic carbocycles. The summed E-state index contributed by atoms with van der Waals surface area (Å²) < 4.78 is 0. The predicted molar refractivity (Wildman–Crippen MR) is 80.7 cm³/mol. The lowest BCUT2D eigenvalue weighted by molar-refractivity contribution is 0.121. The zero-order chi connectivity index (χ0) is 14.5. The van der Waals surface area contributed by atoms with Crippen molar-refractivity contribution >= 4 is 0 Å². The molecule has 110 valence electrons. The Morgan fingerprint density at radius 1 is 1.32 bits per heavy atom. The zero-order valence-corrected chi connectivity index (χ0v) is 13.2. The lowest BCUT2D eigenvalue weighted by Gasteiger charge is -2.37. The molecular weight excluding hydrogens is 234 g/mol. The van der Waals surface area contributed by atoms with Gasteiger partial charge in [0.2, 0.25) is 0 Å². The van der Waals surface area contributed by atoms with Crippen molar-refractivity contribution in [2.45, 2.75) is 83.8 Å². The van der Waals surface area contributed by atoms with Crippen LogP contribution >= 0.6 is 0 Å². The van der Waals surface area contributed by atoms with Crippen LogP contribution in [0.1, 0.15) is 66.2 Å². The molecule has 1 aliphatic carbocycles. The van der Waals surface area contributed by atoms with Gasteiger partial charge in [-0.3, -0.25) is 4.90 Å². The molecule has 1 aliphatic rings. The molecule has 2 N–H and O–H groups in total. The molecule has 0 aromatic rings. The van der Waals surface area contributed by atoms with Crippen LogP contribution in [0.25, 0.3) is 0 Å². The molecule has 0 spiro atoms. The van der Waals surface area contributed by atoms with E-state index in [-0.39, 0.29) is 0 Å². The molecule has 0 bridgehead atoms. The number of hydrogen-bond acceptors (Lipinski definition) is 3. The molecular formula is C16H31N3. The third-order valence-electron chi connectivity index (χ3n) is 4.30. The third kappa shape index (κ3) is 5.50. The summed E-state index contributed by atoms with van der Waals surface area (Å²) in [5.41, 5.74) is 5.32. The quantitative estimate of drug-likeness (QED) is 0.768. The summed E-state index contributed by atoms with van der Waals surface area (Å²) in [7, 11) is 0. The molecule has 0 radical (unpaired) electrons. The molecule has 0 amide bonds. The van der Waals surface area contributed by atoms with Crippen molar-refractivity contribution in [2.24, 2.45) is 11.7 Å². The Bertz CT molecular complexity index is 298. The van der Waals surface area contributed by atoms with Crippen LogP contribution in [0.5, 0.6) is 0 Å². The normalized spacial score (nSPS) is 21.6. The summed E-state index contributed by atoms with van der Waals surface area (Å²) in [6.07, 6.45) is 7.33.